The number of thiocarbonyl (C=S) groups is 1. The predicted molar refractivity (Wildman–Crippen MR) is 68.5 cm³/mol. The van der Waals surface area contributed by atoms with E-state index in [0.29, 0.717) is 6.61 Å². The maximum atomic E-state index is 8.59. The van der Waals surface area contributed by atoms with E-state index in [0.717, 1.165) is 19.4 Å². The SMILES string of the molecule is OCCCCCCCCCCCN=C=S. The number of aliphatic hydroxyl groups excluding tert-OH is 1. The lowest BCUT2D eigenvalue weighted by molar-refractivity contribution is 0.282. The van der Waals surface area contributed by atoms with Crippen molar-refractivity contribution in [1.29, 1.82) is 0 Å². The van der Waals surface area contributed by atoms with Crippen molar-refractivity contribution in [2.75, 3.05) is 13.2 Å². The summed E-state index contributed by atoms with van der Waals surface area (Å²) in [6.07, 6.45) is 11.1. The van der Waals surface area contributed by atoms with Gasteiger partial charge in [-0.05, 0) is 25.1 Å². The third-order valence-electron chi connectivity index (χ3n) is 2.49. The van der Waals surface area contributed by atoms with Crippen LogP contribution in [0.2, 0.25) is 0 Å². The van der Waals surface area contributed by atoms with Gasteiger partial charge in [-0.3, -0.25) is 0 Å². The number of nitrogens with zero attached hydrogens (tertiary/aromatic N) is 1. The minimum Gasteiger partial charge on any atom is -0.396 e. The van der Waals surface area contributed by atoms with E-state index in [-0.39, 0.29) is 0 Å². The molecule has 0 bridgehead atoms. The van der Waals surface area contributed by atoms with Crippen molar-refractivity contribution < 1.29 is 5.11 Å². The molecule has 0 unspecified atom stereocenters. The normalized spacial score (nSPS) is 9.93. The van der Waals surface area contributed by atoms with Crippen molar-refractivity contribution in [3.63, 3.8) is 0 Å². The zero-order chi connectivity index (χ0) is 11.2. The second kappa shape index (κ2) is 13.8. The van der Waals surface area contributed by atoms with Gasteiger partial charge in [0.25, 0.3) is 0 Å². The number of unbranched alkanes of at least 4 members (excludes halogenated alkanes) is 8. The van der Waals surface area contributed by atoms with E-state index in [1.807, 2.05) is 0 Å². The lowest BCUT2D eigenvalue weighted by Crippen LogP contribution is -1.85. The van der Waals surface area contributed by atoms with E-state index >= 15 is 0 Å². The Kier molecular flexibility index (Phi) is 13.5. The highest BCUT2D eigenvalue weighted by atomic mass is 32.1. The van der Waals surface area contributed by atoms with Crippen LogP contribution in [0.1, 0.15) is 57.8 Å². The van der Waals surface area contributed by atoms with Crippen molar-refractivity contribution in [3.8, 4) is 0 Å². The quantitative estimate of drug-likeness (QED) is 0.333. The van der Waals surface area contributed by atoms with Crippen molar-refractivity contribution in [1.82, 2.24) is 0 Å². The lowest BCUT2D eigenvalue weighted by Gasteiger charge is -2.00. The first-order valence-corrected chi connectivity index (χ1v) is 6.47. The summed E-state index contributed by atoms with van der Waals surface area (Å²) in [5.74, 6) is 0. The van der Waals surface area contributed by atoms with E-state index in [9.17, 15) is 0 Å². The predicted octanol–water partition coefficient (Wildman–Crippen LogP) is 3.59. The fraction of sp³-hybridized carbons (Fsp3) is 0.917. The van der Waals surface area contributed by atoms with Gasteiger partial charge >= 0.3 is 0 Å². The minimum atomic E-state index is 0.348. The molecule has 0 spiro atoms. The van der Waals surface area contributed by atoms with Crippen molar-refractivity contribution in [2.45, 2.75) is 57.8 Å². The van der Waals surface area contributed by atoms with Crippen LogP contribution in [-0.4, -0.2) is 23.4 Å². The molecule has 0 aliphatic heterocycles. The van der Waals surface area contributed by atoms with Gasteiger partial charge in [-0.2, -0.15) is 0 Å². The molecule has 0 radical (unpaired) electrons. The van der Waals surface area contributed by atoms with Crippen LogP contribution < -0.4 is 0 Å². The monoisotopic (exact) mass is 229 g/mol. The molecule has 0 aromatic heterocycles. The number of hydrogen-bond acceptors (Lipinski definition) is 3. The summed E-state index contributed by atoms with van der Waals surface area (Å²) in [6, 6.07) is 0. The maximum absolute atomic E-state index is 8.59. The Morgan fingerprint density at radius 2 is 1.27 bits per heavy atom. The zero-order valence-electron chi connectivity index (χ0n) is 9.58. The van der Waals surface area contributed by atoms with Gasteiger partial charge in [0.1, 0.15) is 0 Å². The van der Waals surface area contributed by atoms with Crippen LogP contribution >= 0.6 is 12.2 Å². The van der Waals surface area contributed by atoms with Gasteiger partial charge < -0.3 is 5.11 Å². The largest absolute Gasteiger partial charge is 0.396 e. The standard InChI is InChI=1S/C12H23NOS/c14-11-9-7-5-3-1-2-4-6-8-10-13-12-15/h14H,1-11H2. The first-order chi connectivity index (χ1) is 7.41. The molecule has 0 saturated carbocycles. The molecule has 88 valence electrons. The molecule has 0 aliphatic carbocycles. The molecule has 0 heterocycles. The molecule has 3 heteroatoms. The third-order valence-corrected chi connectivity index (χ3v) is 2.62. The Labute approximate surface area is 98.8 Å². The van der Waals surface area contributed by atoms with Gasteiger partial charge in [0.15, 0.2) is 0 Å². The van der Waals surface area contributed by atoms with Crippen LogP contribution in [0.4, 0.5) is 0 Å². The van der Waals surface area contributed by atoms with E-state index in [1.54, 1.807) is 0 Å². The van der Waals surface area contributed by atoms with E-state index < -0.39 is 0 Å². The van der Waals surface area contributed by atoms with E-state index in [1.165, 1.54) is 44.9 Å². The van der Waals surface area contributed by atoms with E-state index in [2.05, 4.69) is 22.4 Å². The molecule has 0 aromatic carbocycles. The average molecular weight is 229 g/mol. The summed E-state index contributed by atoms with van der Waals surface area (Å²) in [5, 5.41) is 11.0. The van der Waals surface area contributed by atoms with Crippen molar-refractivity contribution in [2.24, 2.45) is 4.99 Å². The number of isothiocyanates is 1. The average Bonchev–Trinajstić information content (AvgIpc) is 2.26. The highest BCUT2D eigenvalue weighted by Gasteiger charge is 1.91. The van der Waals surface area contributed by atoms with Crippen LogP contribution in [0.5, 0.6) is 0 Å². The van der Waals surface area contributed by atoms with Gasteiger partial charge in [-0.1, -0.05) is 44.9 Å². The Bertz CT molecular complexity index is 167. The molecular formula is C12H23NOS. The molecule has 0 fully saturated rings. The fourth-order valence-corrected chi connectivity index (χ4v) is 1.68. The van der Waals surface area contributed by atoms with Crippen LogP contribution in [0.25, 0.3) is 0 Å². The second-order valence-electron chi connectivity index (χ2n) is 3.88. The zero-order valence-corrected chi connectivity index (χ0v) is 10.4. The summed E-state index contributed by atoms with van der Waals surface area (Å²) < 4.78 is 0. The van der Waals surface area contributed by atoms with Gasteiger partial charge in [-0.25, -0.2) is 4.99 Å². The van der Waals surface area contributed by atoms with Gasteiger partial charge in [0.2, 0.25) is 0 Å². The molecule has 15 heavy (non-hydrogen) atoms. The van der Waals surface area contributed by atoms with Crippen molar-refractivity contribution >= 4 is 17.4 Å². The first kappa shape index (κ1) is 14.8. The molecule has 0 amide bonds. The third kappa shape index (κ3) is 13.8. The van der Waals surface area contributed by atoms with Crippen molar-refractivity contribution in [3.05, 3.63) is 0 Å². The highest BCUT2D eigenvalue weighted by Crippen LogP contribution is 2.09. The smallest absolute Gasteiger partial charge is 0.0584 e. The van der Waals surface area contributed by atoms with E-state index in [4.69, 9.17) is 5.11 Å². The lowest BCUT2D eigenvalue weighted by atomic mass is 10.1. The number of aliphatic imine (C=N–C) groups is 1. The molecule has 0 aromatic rings. The highest BCUT2D eigenvalue weighted by molar-refractivity contribution is 7.78. The van der Waals surface area contributed by atoms with Gasteiger partial charge in [0, 0.05) is 13.2 Å². The molecule has 0 rings (SSSR count). The Balaban J connectivity index is 2.89. The van der Waals surface area contributed by atoms with Gasteiger partial charge in [0.05, 0.1) is 5.16 Å². The molecule has 0 aliphatic rings. The van der Waals surface area contributed by atoms with Crippen LogP contribution in [0.3, 0.4) is 0 Å². The van der Waals surface area contributed by atoms with Gasteiger partial charge in [-0.15, -0.1) is 0 Å². The minimum absolute atomic E-state index is 0.348. The number of hydrogen-bond donors (Lipinski definition) is 1. The summed E-state index contributed by atoms with van der Waals surface area (Å²) >= 11 is 4.49. The second-order valence-corrected chi connectivity index (χ2v) is 4.06. The maximum Gasteiger partial charge on any atom is 0.0584 e. The summed E-state index contributed by atoms with van der Waals surface area (Å²) in [4.78, 5) is 3.88. The van der Waals surface area contributed by atoms with Crippen LogP contribution in [0, 0.1) is 0 Å². The van der Waals surface area contributed by atoms with Crippen LogP contribution in [0.15, 0.2) is 4.99 Å². The molecule has 1 N–H and O–H groups in total. The molecular weight excluding hydrogens is 206 g/mol. The summed E-state index contributed by atoms with van der Waals surface area (Å²) in [5.41, 5.74) is 0. The molecule has 2 nitrogen and oxygen atoms in total. The topological polar surface area (TPSA) is 32.6 Å². The molecule has 0 atom stereocenters. The fourth-order valence-electron chi connectivity index (χ4n) is 1.59. The Morgan fingerprint density at radius 1 is 0.800 bits per heavy atom. The summed E-state index contributed by atoms with van der Waals surface area (Å²) in [6.45, 7) is 1.19. The molecule has 0 saturated heterocycles. The summed E-state index contributed by atoms with van der Waals surface area (Å²) in [7, 11) is 0. The number of rotatable bonds is 11. The van der Waals surface area contributed by atoms with Crippen LogP contribution in [-0.2, 0) is 0 Å². The first-order valence-electron chi connectivity index (χ1n) is 6.06. The Hall–Kier alpha value is -0.240. The number of aliphatic hydroxyl groups is 1. The Morgan fingerprint density at radius 3 is 1.73 bits per heavy atom.